The Hall–Kier alpha value is -3.24. The maximum Gasteiger partial charge on any atom is 0.0345 e. The van der Waals surface area contributed by atoms with Crippen molar-refractivity contribution >= 4 is 11.1 Å². The highest BCUT2D eigenvalue weighted by Gasteiger charge is 2.30. The summed E-state index contributed by atoms with van der Waals surface area (Å²) in [6.45, 7) is 13.4. The van der Waals surface area contributed by atoms with Crippen molar-refractivity contribution in [3.63, 3.8) is 0 Å². The van der Waals surface area contributed by atoms with Gasteiger partial charge in [0.15, 0.2) is 0 Å². The molecule has 3 aliphatic rings. The largest absolute Gasteiger partial charge is 0.325 e. The molecule has 3 aromatic carbocycles. The minimum absolute atomic E-state index is 0.00644. The van der Waals surface area contributed by atoms with Gasteiger partial charge in [-0.3, -0.25) is 0 Å². The van der Waals surface area contributed by atoms with Gasteiger partial charge in [-0.2, -0.15) is 0 Å². The molecular formula is C63H99N3. The Bertz CT molecular complexity index is 1830. The zero-order chi connectivity index (χ0) is 47.5. The Balaban J connectivity index is 0.000000216. The molecule has 0 aliphatic heterocycles. The van der Waals surface area contributed by atoms with Crippen LogP contribution in [-0.2, 0) is 19.3 Å². The summed E-state index contributed by atoms with van der Waals surface area (Å²) >= 11 is 0. The van der Waals surface area contributed by atoms with Gasteiger partial charge < -0.3 is 17.2 Å². The summed E-state index contributed by atoms with van der Waals surface area (Å²) in [6, 6.07) is 27.7. The molecule has 3 heteroatoms. The second-order valence-corrected chi connectivity index (χ2v) is 21.0. The van der Waals surface area contributed by atoms with E-state index in [9.17, 15) is 0 Å². The summed E-state index contributed by atoms with van der Waals surface area (Å²) in [4.78, 5) is 0. The molecule has 3 nitrogen and oxygen atoms in total. The molecule has 4 atom stereocenters. The number of benzene rings is 3. The van der Waals surface area contributed by atoms with E-state index < -0.39 is 0 Å². The van der Waals surface area contributed by atoms with E-state index in [2.05, 4.69) is 139 Å². The highest BCUT2D eigenvalue weighted by Crippen LogP contribution is 2.37. The summed E-state index contributed by atoms with van der Waals surface area (Å²) in [5.74, 6) is 0.507. The molecule has 0 spiro atoms. The summed E-state index contributed by atoms with van der Waals surface area (Å²) in [5.41, 5.74) is 30.4. The van der Waals surface area contributed by atoms with Crippen LogP contribution in [0.4, 0.5) is 0 Å². The Morgan fingerprint density at radius 1 is 0.470 bits per heavy atom. The van der Waals surface area contributed by atoms with Crippen LogP contribution >= 0.6 is 0 Å². The Morgan fingerprint density at radius 3 is 1.29 bits per heavy atom. The zero-order valence-corrected chi connectivity index (χ0v) is 43.6. The normalized spacial score (nSPS) is 22.1. The molecule has 66 heavy (non-hydrogen) atoms. The second-order valence-electron chi connectivity index (χ2n) is 21.0. The lowest BCUT2D eigenvalue weighted by Crippen LogP contribution is -2.35. The standard InChI is InChI=1S/3C21H33N/c3*1-3-5-6-7-8-9-10-18-11-13-19(14-12-18)20-15-16-21(22,4-2)17-20/h11-14,17H,3-10,15-16,22H2,1-2H3;11-15H,3-10,16-17,22H2,1-2H3;11-16,20H,3-10,17,22H2,1-2H3. The van der Waals surface area contributed by atoms with Crippen LogP contribution in [-0.4, -0.2) is 16.6 Å². The fourth-order valence-corrected chi connectivity index (χ4v) is 10.1. The summed E-state index contributed by atoms with van der Waals surface area (Å²) < 4.78 is 0. The molecule has 0 saturated carbocycles. The van der Waals surface area contributed by atoms with E-state index in [0.717, 1.165) is 51.4 Å². The highest BCUT2D eigenvalue weighted by molar-refractivity contribution is 5.70. The van der Waals surface area contributed by atoms with Gasteiger partial charge in [-0.25, -0.2) is 0 Å². The molecule has 0 saturated heterocycles. The molecule has 366 valence electrons. The minimum Gasteiger partial charge on any atom is -0.325 e. The number of hydrogen-bond acceptors (Lipinski definition) is 3. The van der Waals surface area contributed by atoms with Crippen molar-refractivity contribution in [1.29, 1.82) is 0 Å². The average molecular weight is 899 g/mol. The molecule has 0 amide bonds. The fourth-order valence-electron chi connectivity index (χ4n) is 10.1. The molecule has 0 aromatic heterocycles. The van der Waals surface area contributed by atoms with E-state index in [0.29, 0.717) is 5.92 Å². The van der Waals surface area contributed by atoms with Crippen LogP contribution in [0.3, 0.4) is 0 Å². The molecule has 0 bridgehead atoms. The predicted molar refractivity (Wildman–Crippen MR) is 293 cm³/mol. The molecule has 6 rings (SSSR count). The van der Waals surface area contributed by atoms with Crippen molar-refractivity contribution in [1.82, 2.24) is 0 Å². The van der Waals surface area contributed by atoms with Crippen LogP contribution in [0.25, 0.3) is 11.1 Å². The molecule has 0 fully saturated rings. The van der Waals surface area contributed by atoms with Crippen molar-refractivity contribution in [3.05, 3.63) is 130 Å². The fraction of sp³-hybridized carbons (Fsp3) is 0.619. The van der Waals surface area contributed by atoms with Gasteiger partial charge in [0.25, 0.3) is 0 Å². The van der Waals surface area contributed by atoms with Gasteiger partial charge in [0, 0.05) is 22.5 Å². The van der Waals surface area contributed by atoms with Gasteiger partial charge in [-0.15, -0.1) is 0 Å². The molecule has 3 aromatic rings. The van der Waals surface area contributed by atoms with Crippen molar-refractivity contribution in [3.8, 4) is 0 Å². The molecule has 0 radical (unpaired) electrons. The first-order chi connectivity index (χ1) is 32.0. The molecule has 0 heterocycles. The van der Waals surface area contributed by atoms with Gasteiger partial charge in [-0.1, -0.05) is 235 Å². The van der Waals surface area contributed by atoms with Gasteiger partial charge in [0.1, 0.15) is 0 Å². The Kier molecular flexibility index (Phi) is 25.4. The molecule has 4 unspecified atom stereocenters. The van der Waals surface area contributed by atoms with Crippen LogP contribution in [0.15, 0.2) is 97.1 Å². The molecular weight excluding hydrogens is 799 g/mol. The van der Waals surface area contributed by atoms with Gasteiger partial charge in [-0.05, 0) is 134 Å². The maximum absolute atomic E-state index is 6.38. The quantitative estimate of drug-likeness (QED) is 0.0527. The lowest BCUT2D eigenvalue weighted by atomic mass is 9.89. The van der Waals surface area contributed by atoms with Crippen LogP contribution in [0.5, 0.6) is 0 Å². The zero-order valence-electron chi connectivity index (χ0n) is 43.6. The van der Waals surface area contributed by atoms with Crippen LogP contribution in [0, 0.1) is 0 Å². The molecule has 6 N–H and O–H groups in total. The number of unbranched alkanes of at least 4 members (excludes halogenated alkanes) is 15. The SMILES string of the molecule is CCCCCCCCc1ccc(C2=CC(N)(CC)CC2)cc1.CCCCCCCCc1ccc(C2=CCC(N)(CC)C2)cc1.CCCCCCCCc1ccc(C2C=CC(N)(CC)C2)cc1. The highest BCUT2D eigenvalue weighted by atomic mass is 14.7. The smallest absolute Gasteiger partial charge is 0.0345 e. The molecule has 3 aliphatic carbocycles. The van der Waals surface area contributed by atoms with Crippen LogP contribution in [0.1, 0.15) is 248 Å². The van der Waals surface area contributed by atoms with E-state index in [1.165, 1.54) is 179 Å². The topological polar surface area (TPSA) is 78.1 Å². The van der Waals surface area contributed by atoms with Crippen molar-refractivity contribution in [2.24, 2.45) is 17.2 Å². The predicted octanol–water partition coefficient (Wildman–Crippen LogP) is 17.5. The van der Waals surface area contributed by atoms with E-state index in [4.69, 9.17) is 17.2 Å². The summed E-state index contributed by atoms with van der Waals surface area (Å²) in [5, 5.41) is 0. The first-order valence-corrected chi connectivity index (χ1v) is 27.7. The van der Waals surface area contributed by atoms with E-state index >= 15 is 0 Å². The van der Waals surface area contributed by atoms with Crippen LogP contribution < -0.4 is 17.2 Å². The van der Waals surface area contributed by atoms with E-state index in [1.807, 2.05) is 0 Å². The first-order valence-electron chi connectivity index (χ1n) is 27.7. The maximum atomic E-state index is 6.38. The number of aryl methyl sites for hydroxylation is 3. The third-order valence-corrected chi connectivity index (χ3v) is 15.4. The summed E-state index contributed by atoms with van der Waals surface area (Å²) in [7, 11) is 0. The van der Waals surface area contributed by atoms with E-state index in [-0.39, 0.29) is 16.6 Å². The third kappa shape index (κ3) is 19.8. The lowest BCUT2D eigenvalue weighted by Gasteiger charge is -2.22. The van der Waals surface area contributed by atoms with Gasteiger partial charge in [0.05, 0.1) is 0 Å². The number of nitrogens with two attached hydrogens (primary N) is 3. The lowest BCUT2D eigenvalue weighted by molar-refractivity contribution is 0.443. The first kappa shape index (κ1) is 55.4. The van der Waals surface area contributed by atoms with Crippen molar-refractivity contribution < 1.29 is 0 Å². The third-order valence-electron chi connectivity index (χ3n) is 15.4. The van der Waals surface area contributed by atoms with E-state index in [1.54, 1.807) is 0 Å². The van der Waals surface area contributed by atoms with Crippen molar-refractivity contribution in [2.45, 2.75) is 250 Å². The summed E-state index contributed by atoms with van der Waals surface area (Å²) in [6.07, 6.45) is 46.0. The number of allylic oxidation sites excluding steroid dienone is 2. The monoisotopic (exact) mass is 898 g/mol. The van der Waals surface area contributed by atoms with Crippen LogP contribution in [0.2, 0.25) is 0 Å². The number of rotatable bonds is 27. The number of hydrogen-bond donors (Lipinski definition) is 3. The average Bonchev–Trinajstić information content (AvgIpc) is 4.08. The second kappa shape index (κ2) is 30.3. The Labute approximate surface area is 407 Å². The minimum atomic E-state index is -0.0815. The Morgan fingerprint density at radius 2 is 0.894 bits per heavy atom. The van der Waals surface area contributed by atoms with Gasteiger partial charge in [0.2, 0.25) is 0 Å². The van der Waals surface area contributed by atoms with Crippen molar-refractivity contribution in [2.75, 3.05) is 0 Å². The van der Waals surface area contributed by atoms with Gasteiger partial charge >= 0.3 is 0 Å².